The molecule has 0 aliphatic rings. The van der Waals surface area contributed by atoms with Crippen LogP contribution in [0.4, 0.5) is 0 Å². The van der Waals surface area contributed by atoms with Crippen molar-refractivity contribution in [3.05, 3.63) is 56.4 Å². The summed E-state index contributed by atoms with van der Waals surface area (Å²) in [6, 6.07) is 6.59. The molecule has 0 fully saturated rings. The lowest BCUT2D eigenvalue weighted by atomic mass is 10.3. The number of aromatic nitrogens is 4. The largest absolute Gasteiger partial charge is 0.268 e. The van der Waals surface area contributed by atoms with Gasteiger partial charge in [-0.05, 0) is 38.8 Å². The lowest BCUT2D eigenvalue weighted by molar-refractivity contribution is 0.537. The van der Waals surface area contributed by atoms with Gasteiger partial charge in [0.2, 0.25) is 0 Å². The molecule has 23 heavy (non-hydrogen) atoms. The number of hydrogen-bond acceptors (Lipinski definition) is 4. The number of aryl methyl sites for hydroxylation is 4. The molecular weight excluding hydrogens is 292 g/mol. The zero-order valence-corrected chi connectivity index (χ0v) is 14.5. The molecule has 2 aromatic rings. The topological polar surface area (TPSA) is 69.8 Å². The zero-order chi connectivity index (χ0) is 17.2. The minimum Gasteiger partial charge on any atom is -0.268 e. The normalized spacial score (nSPS) is 10.1. The summed E-state index contributed by atoms with van der Waals surface area (Å²) in [6.07, 6.45) is 3.04. The fraction of sp³-hybridized carbons (Fsp3) is 0.529. The average molecular weight is 318 g/mol. The highest BCUT2D eigenvalue weighted by molar-refractivity contribution is 4.97. The Morgan fingerprint density at radius 2 is 1.26 bits per heavy atom. The summed E-state index contributed by atoms with van der Waals surface area (Å²) in [7, 11) is 0. The molecule has 0 bridgehead atoms. The molecule has 0 spiro atoms. The van der Waals surface area contributed by atoms with Crippen LogP contribution in [0.5, 0.6) is 0 Å². The van der Waals surface area contributed by atoms with Crippen LogP contribution in [0.1, 0.15) is 44.5 Å². The molecule has 0 N–H and O–H groups in total. The van der Waals surface area contributed by atoms with Crippen LogP contribution in [0.3, 0.4) is 0 Å². The van der Waals surface area contributed by atoms with Crippen LogP contribution < -0.4 is 11.1 Å². The molecule has 2 heterocycles. The molecule has 2 rings (SSSR count). The number of hydrogen-bond donors (Lipinski definition) is 0. The van der Waals surface area contributed by atoms with Crippen molar-refractivity contribution in [3.63, 3.8) is 0 Å². The third-order valence-electron chi connectivity index (χ3n) is 3.16. The summed E-state index contributed by atoms with van der Waals surface area (Å²) in [5, 5.41) is 8.18. The van der Waals surface area contributed by atoms with Gasteiger partial charge in [-0.25, -0.2) is 9.36 Å². The van der Waals surface area contributed by atoms with Gasteiger partial charge in [0.1, 0.15) is 0 Å². The average Bonchev–Trinajstić information content (AvgIpc) is 2.53. The standard InChI is InChI=1S/C9H14N2O.C8H12N2O/c1-3-4-7-11-9(12)6-5-8(2)10-11;1-3-6-10-8(11)5-4-7(2)9-10/h5-6H,3-4,7H2,1-2H3;4-5H,3,6H2,1-2H3. The van der Waals surface area contributed by atoms with Crippen LogP contribution in [0, 0.1) is 13.8 Å². The molecule has 0 unspecified atom stereocenters. The van der Waals surface area contributed by atoms with E-state index in [1.165, 1.54) is 9.36 Å². The molecule has 6 heteroatoms. The molecule has 0 amide bonds. The Morgan fingerprint density at radius 1 is 0.783 bits per heavy atom. The van der Waals surface area contributed by atoms with Crippen LogP contribution in [-0.2, 0) is 13.1 Å². The minimum absolute atomic E-state index is 0.00551. The quantitative estimate of drug-likeness (QED) is 0.848. The summed E-state index contributed by atoms with van der Waals surface area (Å²) in [5.41, 5.74) is 1.76. The molecular formula is C17H26N4O2. The summed E-state index contributed by atoms with van der Waals surface area (Å²) >= 11 is 0. The van der Waals surface area contributed by atoms with E-state index in [1.807, 2.05) is 20.8 Å². The molecule has 2 aromatic heterocycles. The van der Waals surface area contributed by atoms with Crippen molar-refractivity contribution < 1.29 is 0 Å². The fourth-order valence-electron chi connectivity index (χ4n) is 1.94. The summed E-state index contributed by atoms with van der Waals surface area (Å²) in [5.74, 6) is 0. The number of unbranched alkanes of at least 4 members (excludes halogenated alkanes) is 1. The van der Waals surface area contributed by atoms with Crippen LogP contribution in [0.2, 0.25) is 0 Å². The van der Waals surface area contributed by atoms with E-state index in [9.17, 15) is 9.59 Å². The van der Waals surface area contributed by atoms with Gasteiger partial charge >= 0.3 is 0 Å². The third kappa shape index (κ3) is 6.59. The number of rotatable bonds is 5. The first-order valence-corrected chi connectivity index (χ1v) is 8.07. The zero-order valence-electron chi connectivity index (χ0n) is 14.5. The molecule has 6 nitrogen and oxygen atoms in total. The van der Waals surface area contributed by atoms with Gasteiger partial charge in [0, 0.05) is 25.2 Å². The van der Waals surface area contributed by atoms with Gasteiger partial charge in [-0.15, -0.1) is 0 Å². The van der Waals surface area contributed by atoms with E-state index in [2.05, 4.69) is 17.1 Å². The molecule has 0 aromatic carbocycles. The summed E-state index contributed by atoms with van der Waals surface area (Å²) < 4.78 is 3.02. The Labute approximate surface area is 136 Å². The van der Waals surface area contributed by atoms with Crippen molar-refractivity contribution >= 4 is 0 Å². The van der Waals surface area contributed by atoms with E-state index in [0.717, 1.165) is 37.2 Å². The molecule has 0 aliphatic carbocycles. The van der Waals surface area contributed by atoms with Gasteiger partial charge in [-0.2, -0.15) is 10.2 Å². The predicted octanol–water partition coefficient (Wildman–Crippen LogP) is 2.31. The van der Waals surface area contributed by atoms with E-state index in [4.69, 9.17) is 0 Å². The van der Waals surface area contributed by atoms with Crippen molar-refractivity contribution in [3.8, 4) is 0 Å². The smallest absolute Gasteiger partial charge is 0.266 e. The Morgan fingerprint density at radius 3 is 1.70 bits per heavy atom. The van der Waals surface area contributed by atoms with E-state index >= 15 is 0 Å². The van der Waals surface area contributed by atoms with Crippen molar-refractivity contribution in [2.45, 2.75) is 60.0 Å². The Kier molecular flexibility index (Phi) is 7.94. The molecule has 0 aliphatic heterocycles. The second-order valence-corrected chi connectivity index (χ2v) is 5.43. The molecule has 0 saturated heterocycles. The van der Waals surface area contributed by atoms with Crippen LogP contribution >= 0.6 is 0 Å². The van der Waals surface area contributed by atoms with E-state index in [-0.39, 0.29) is 11.1 Å². The van der Waals surface area contributed by atoms with Crippen LogP contribution in [0.15, 0.2) is 33.9 Å². The van der Waals surface area contributed by atoms with Crippen molar-refractivity contribution in [1.82, 2.24) is 19.6 Å². The van der Waals surface area contributed by atoms with Gasteiger partial charge < -0.3 is 0 Å². The van der Waals surface area contributed by atoms with Crippen LogP contribution in [-0.4, -0.2) is 19.6 Å². The van der Waals surface area contributed by atoms with Crippen molar-refractivity contribution in [2.24, 2.45) is 0 Å². The maximum Gasteiger partial charge on any atom is 0.266 e. The fourth-order valence-corrected chi connectivity index (χ4v) is 1.94. The van der Waals surface area contributed by atoms with E-state index in [0.29, 0.717) is 6.54 Å². The maximum atomic E-state index is 11.2. The first-order valence-electron chi connectivity index (χ1n) is 8.07. The Bertz CT molecular complexity index is 719. The first-order chi connectivity index (χ1) is 11.0. The Hall–Kier alpha value is -2.24. The monoisotopic (exact) mass is 318 g/mol. The van der Waals surface area contributed by atoms with Gasteiger partial charge in [0.05, 0.1) is 11.4 Å². The second kappa shape index (κ2) is 9.71. The molecule has 0 saturated carbocycles. The SMILES string of the molecule is CCCCn1nc(C)ccc1=O.CCCn1nc(C)ccc1=O. The molecule has 0 atom stereocenters. The van der Waals surface area contributed by atoms with Crippen molar-refractivity contribution in [2.75, 3.05) is 0 Å². The predicted molar refractivity (Wildman–Crippen MR) is 91.7 cm³/mol. The second-order valence-electron chi connectivity index (χ2n) is 5.43. The highest BCUT2D eigenvalue weighted by atomic mass is 16.1. The van der Waals surface area contributed by atoms with Gasteiger partial charge in [0.15, 0.2) is 0 Å². The van der Waals surface area contributed by atoms with Gasteiger partial charge in [-0.3, -0.25) is 9.59 Å². The lowest BCUT2D eigenvalue weighted by Crippen LogP contribution is -2.22. The van der Waals surface area contributed by atoms with Crippen molar-refractivity contribution in [1.29, 1.82) is 0 Å². The molecule has 126 valence electrons. The summed E-state index contributed by atoms with van der Waals surface area (Å²) in [4.78, 5) is 22.2. The minimum atomic E-state index is -0.0162. The van der Waals surface area contributed by atoms with Gasteiger partial charge in [0.25, 0.3) is 11.1 Å². The maximum absolute atomic E-state index is 11.2. The van der Waals surface area contributed by atoms with E-state index in [1.54, 1.807) is 24.3 Å². The summed E-state index contributed by atoms with van der Waals surface area (Å²) in [6.45, 7) is 9.34. The molecule has 0 radical (unpaired) electrons. The third-order valence-corrected chi connectivity index (χ3v) is 3.16. The van der Waals surface area contributed by atoms with Crippen LogP contribution in [0.25, 0.3) is 0 Å². The lowest BCUT2D eigenvalue weighted by Gasteiger charge is -2.02. The van der Waals surface area contributed by atoms with E-state index < -0.39 is 0 Å². The highest BCUT2D eigenvalue weighted by Gasteiger charge is 1.95. The first kappa shape index (κ1) is 18.8. The highest BCUT2D eigenvalue weighted by Crippen LogP contribution is 1.91. The van der Waals surface area contributed by atoms with Gasteiger partial charge in [-0.1, -0.05) is 20.3 Å². The Balaban J connectivity index is 0.000000231. The number of nitrogens with zero attached hydrogens (tertiary/aromatic N) is 4.